The van der Waals surface area contributed by atoms with Crippen LogP contribution in [0.3, 0.4) is 0 Å². The summed E-state index contributed by atoms with van der Waals surface area (Å²) >= 11 is 0. The fraction of sp³-hybridized carbons (Fsp3) is 0.375. The number of rotatable bonds is 1. The van der Waals surface area contributed by atoms with Crippen molar-refractivity contribution in [1.82, 2.24) is 10.6 Å². The van der Waals surface area contributed by atoms with E-state index in [1.165, 1.54) is 5.56 Å². The maximum absolute atomic E-state index is 11.9. The Bertz CT molecular complexity index is 638. The molecule has 5 nitrogen and oxygen atoms in total. The summed E-state index contributed by atoms with van der Waals surface area (Å²) in [6.45, 7) is 6.56. The van der Waals surface area contributed by atoms with Crippen molar-refractivity contribution >= 4 is 12.0 Å². The summed E-state index contributed by atoms with van der Waals surface area (Å²) in [5.74, 6) is -0.373. The van der Waals surface area contributed by atoms with Crippen LogP contribution in [-0.2, 0) is 14.9 Å². The minimum atomic E-state index is -0.447. The molecule has 3 rings (SSSR count). The third-order valence-electron chi connectivity index (χ3n) is 3.83. The molecule has 1 aromatic rings. The zero-order valence-corrected chi connectivity index (χ0v) is 12.3. The zero-order valence-electron chi connectivity index (χ0n) is 12.3. The van der Waals surface area contributed by atoms with E-state index >= 15 is 0 Å². The van der Waals surface area contributed by atoms with Gasteiger partial charge in [0.25, 0.3) is 0 Å². The highest BCUT2D eigenvalue weighted by Gasteiger charge is 2.37. The second-order valence-corrected chi connectivity index (χ2v) is 6.37. The fourth-order valence-electron chi connectivity index (χ4n) is 2.61. The van der Waals surface area contributed by atoms with Crippen LogP contribution in [0, 0.1) is 0 Å². The lowest BCUT2D eigenvalue weighted by Crippen LogP contribution is -2.44. The molecule has 1 atom stereocenters. The number of cyclic esters (lactones) is 1. The summed E-state index contributed by atoms with van der Waals surface area (Å²) in [6.07, 6.45) is 0. The summed E-state index contributed by atoms with van der Waals surface area (Å²) in [6, 6.07) is 7.21. The topological polar surface area (TPSA) is 67.4 Å². The van der Waals surface area contributed by atoms with Gasteiger partial charge in [-0.15, -0.1) is 0 Å². The average molecular weight is 286 g/mol. The van der Waals surface area contributed by atoms with Crippen LogP contribution in [0.1, 0.15) is 37.9 Å². The first-order chi connectivity index (χ1) is 9.86. The highest BCUT2D eigenvalue weighted by atomic mass is 16.5. The minimum Gasteiger partial charge on any atom is -0.456 e. The van der Waals surface area contributed by atoms with Crippen molar-refractivity contribution in [2.45, 2.75) is 32.2 Å². The summed E-state index contributed by atoms with van der Waals surface area (Å²) < 4.78 is 5.01. The van der Waals surface area contributed by atoms with Crippen molar-refractivity contribution in [2.24, 2.45) is 0 Å². The van der Waals surface area contributed by atoms with Crippen molar-refractivity contribution in [3.63, 3.8) is 0 Å². The number of carbonyl (C=O) groups excluding carboxylic acids is 2. The van der Waals surface area contributed by atoms with Gasteiger partial charge in [0.15, 0.2) is 0 Å². The molecule has 2 amide bonds. The van der Waals surface area contributed by atoms with E-state index in [1.54, 1.807) is 0 Å². The predicted molar refractivity (Wildman–Crippen MR) is 77.5 cm³/mol. The molecule has 2 aliphatic heterocycles. The highest BCUT2D eigenvalue weighted by molar-refractivity contribution is 5.97. The third-order valence-corrected chi connectivity index (χ3v) is 3.83. The van der Waals surface area contributed by atoms with Gasteiger partial charge in [-0.3, -0.25) is 0 Å². The Balaban J connectivity index is 1.97. The van der Waals surface area contributed by atoms with E-state index in [0.717, 1.165) is 5.56 Å². The molecular weight excluding hydrogens is 268 g/mol. The molecule has 0 saturated heterocycles. The van der Waals surface area contributed by atoms with Crippen LogP contribution >= 0.6 is 0 Å². The molecule has 1 aromatic carbocycles. The molecule has 2 aliphatic rings. The van der Waals surface area contributed by atoms with Gasteiger partial charge in [-0.1, -0.05) is 45.0 Å². The molecule has 0 saturated carbocycles. The van der Waals surface area contributed by atoms with Crippen LogP contribution < -0.4 is 10.6 Å². The lowest BCUT2D eigenvalue weighted by atomic mass is 9.85. The Morgan fingerprint density at radius 1 is 1.14 bits per heavy atom. The molecule has 0 fully saturated rings. The summed E-state index contributed by atoms with van der Waals surface area (Å²) in [5, 5.41) is 5.41. The second kappa shape index (κ2) is 4.62. The van der Waals surface area contributed by atoms with Crippen LogP contribution in [0.25, 0.3) is 0 Å². The van der Waals surface area contributed by atoms with Gasteiger partial charge < -0.3 is 15.4 Å². The SMILES string of the molecule is CC(C)(C)c1ccc([C@@H]2NC(=O)NC3=C2C(=O)OC3)cc1. The Morgan fingerprint density at radius 3 is 2.43 bits per heavy atom. The highest BCUT2D eigenvalue weighted by Crippen LogP contribution is 2.32. The van der Waals surface area contributed by atoms with E-state index in [2.05, 4.69) is 31.4 Å². The molecule has 0 radical (unpaired) electrons. The van der Waals surface area contributed by atoms with E-state index < -0.39 is 6.04 Å². The van der Waals surface area contributed by atoms with Crippen LogP contribution in [0.4, 0.5) is 4.79 Å². The van der Waals surface area contributed by atoms with Crippen LogP contribution in [0.2, 0.25) is 0 Å². The molecule has 0 unspecified atom stereocenters. The van der Waals surface area contributed by atoms with Gasteiger partial charge in [-0.2, -0.15) is 0 Å². The smallest absolute Gasteiger partial charge is 0.338 e. The number of hydrogen-bond acceptors (Lipinski definition) is 3. The average Bonchev–Trinajstić information content (AvgIpc) is 2.78. The number of hydrogen-bond donors (Lipinski definition) is 2. The molecule has 0 bridgehead atoms. The zero-order chi connectivity index (χ0) is 15.2. The largest absolute Gasteiger partial charge is 0.456 e. The van der Waals surface area contributed by atoms with Gasteiger partial charge in [-0.25, -0.2) is 9.59 Å². The monoisotopic (exact) mass is 286 g/mol. The van der Waals surface area contributed by atoms with Gasteiger partial charge in [0.1, 0.15) is 6.61 Å². The predicted octanol–water partition coefficient (Wildman–Crippen LogP) is 2.15. The van der Waals surface area contributed by atoms with Crippen molar-refractivity contribution in [3.8, 4) is 0 Å². The van der Waals surface area contributed by atoms with Gasteiger partial charge in [0.2, 0.25) is 0 Å². The number of urea groups is 1. The molecule has 2 N–H and O–H groups in total. The van der Waals surface area contributed by atoms with Gasteiger partial charge in [0.05, 0.1) is 17.3 Å². The normalized spacial score (nSPS) is 21.6. The van der Waals surface area contributed by atoms with E-state index in [-0.39, 0.29) is 24.0 Å². The first-order valence-corrected chi connectivity index (χ1v) is 6.94. The number of amides is 2. The molecule has 0 spiro atoms. The fourth-order valence-corrected chi connectivity index (χ4v) is 2.61. The van der Waals surface area contributed by atoms with Gasteiger partial charge in [-0.05, 0) is 16.5 Å². The maximum atomic E-state index is 11.9. The number of esters is 1. The Kier molecular flexibility index (Phi) is 3.01. The van der Waals surface area contributed by atoms with Gasteiger partial charge >= 0.3 is 12.0 Å². The van der Waals surface area contributed by atoms with Crippen LogP contribution in [0.5, 0.6) is 0 Å². The van der Waals surface area contributed by atoms with Crippen molar-refractivity contribution in [2.75, 3.05) is 6.61 Å². The van der Waals surface area contributed by atoms with Crippen LogP contribution in [0.15, 0.2) is 35.5 Å². The Morgan fingerprint density at radius 2 is 1.81 bits per heavy atom. The molecular formula is C16H18N2O3. The Labute approximate surface area is 123 Å². The van der Waals surface area contributed by atoms with E-state index in [0.29, 0.717) is 11.3 Å². The quantitative estimate of drug-likeness (QED) is 0.777. The lowest BCUT2D eigenvalue weighted by Gasteiger charge is -2.26. The molecule has 110 valence electrons. The third kappa shape index (κ3) is 2.39. The van der Waals surface area contributed by atoms with Crippen molar-refractivity contribution in [3.05, 3.63) is 46.7 Å². The van der Waals surface area contributed by atoms with Crippen LogP contribution in [-0.4, -0.2) is 18.6 Å². The first kappa shape index (κ1) is 13.7. The molecule has 21 heavy (non-hydrogen) atoms. The van der Waals surface area contributed by atoms with Crippen molar-refractivity contribution in [1.29, 1.82) is 0 Å². The Hall–Kier alpha value is -2.30. The minimum absolute atomic E-state index is 0.0621. The molecule has 0 aromatic heterocycles. The van der Waals surface area contributed by atoms with Gasteiger partial charge in [0, 0.05) is 0 Å². The summed E-state index contributed by atoms with van der Waals surface area (Å²) in [5.41, 5.74) is 3.21. The lowest BCUT2D eigenvalue weighted by molar-refractivity contribution is -0.136. The number of carbonyl (C=O) groups is 2. The molecule has 0 aliphatic carbocycles. The maximum Gasteiger partial charge on any atom is 0.338 e. The number of nitrogens with one attached hydrogen (secondary N) is 2. The number of ether oxygens (including phenoxy) is 1. The molecule has 2 heterocycles. The second-order valence-electron chi connectivity index (χ2n) is 6.37. The first-order valence-electron chi connectivity index (χ1n) is 6.94. The standard InChI is InChI=1S/C16H18N2O3/c1-16(2,3)10-6-4-9(5-7-10)13-12-11(8-21-14(12)19)17-15(20)18-13/h4-7,13H,8H2,1-3H3,(H2,17,18,20)/t13-/m0/s1. The van der Waals surface area contributed by atoms with Crippen molar-refractivity contribution < 1.29 is 14.3 Å². The summed E-state index contributed by atoms with van der Waals surface area (Å²) in [7, 11) is 0. The van der Waals surface area contributed by atoms with E-state index in [4.69, 9.17) is 4.74 Å². The number of benzene rings is 1. The van der Waals surface area contributed by atoms with E-state index in [9.17, 15) is 9.59 Å². The molecule has 5 heteroatoms. The van der Waals surface area contributed by atoms with E-state index in [1.807, 2.05) is 24.3 Å². The summed E-state index contributed by atoms with van der Waals surface area (Å²) in [4.78, 5) is 23.6.